The molecule has 1 N–H and O–H groups in total. The monoisotopic (exact) mass is 304 g/mol. The van der Waals surface area contributed by atoms with E-state index in [1.54, 1.807) is 11.3 Å². The lowest BCUT2D eigenvalue weighted by molar-refractivity contribution is 0.317. The van der Waals surface area contributed by atoms with Gasteiger partial charge in [-0.2, -0.15) is 0 Å². The molecule has 0 saturated carbocycles. The van der Waals surface area contributed by atoms with E-state index in [4.69, 9.17) is 4.74 Å². The average Bonchev–Trinajstić information content (AvgIpc) is 2.93. The van der Waals surface area contributed by atoms with Crippen LogP contribution < -0.4 is 10.1 Å². The van der Waals surface area contributed by atoms with Gasteiger partial charge in [0.25, 0.3) is 0 Å². The molecule has 3 nitrogen and oxygen atoms in total. The molecule has 1 aromatic carbocycles. The molecule has 21 heavy (non-hydrogen) atoms. The Balaban J connectivity index is 1.89. The van der Waals surface area contributed by atoms with Gasteiger partial charge in [0.2, 0.25) is 0 Å². The minimum absolute atomic E-state index is 0.126. The summed E-state index contributed by atoms with van der Waals surface area (Å²) >= 11 is 1.73. The number of nitrogens with zero attached hydrogens (tertiary/aromatic N) is 1. The van der Waals surface area contributed by atoms with Crippen LogP contribution in [-0.4, -0.2) is 11.6 Å². The van der Waals surface area contributed by atoms with Gasteiger partial charge in [-0.1, -0.05) is 27.7 Å². The Morgan fingerprint density at radius 2 is 1.90 bits per heavy atom. The summed E-state index contributed by atoms with van der Waals surface area (Å²) in [6, 6.07) is 8.09. The van der Waals surface area contributed by atoms with Gasteiger partial charge in [-0.3, -0.25) is 0 Å². The van der Waals surface area contributed by atoms with E-state index in [1.807, 2.05) is 24.3 Å². The van der Waals surface area contributed by atoms with E-state index >= 15 is 0 Å². The second kappa shape index (κ2) is 6.94. The number of ether oxygens (including phenoxy) is 1. The Hall–Kier alpha value is -1.55. The van der Waals surface area contributed by atoms with Crippen LogP contribution in [0.3, 0.4) is 0 Å². The van der Waals surface area contributed by atoms with E-state index in [-0.39, 0.29) is 5.41 Å². The third kappa shape index (κ3) is 4.74. The topological polar surface area (TPSA) is 34.1 Å². The highest BCUT2D eigenvalue weighted by Crippen LogP contribution is 2.26. The summed E-state index contributed by atoms with van der Waals surface area (Å²) in [6.07, 6.45) is 1.03. The minimum Gasteiger partial charge on any atom is -0.494 e. The average molecular weight is 304 g/mol. The molecule has 0 aliphatic carbocycles. The SMILES string of the molecule is CCCOc1ccc(NCc2csc(C(C)(C)C)n2)cc1. The lowest BCUT2D eigenvalue weighted by Crippen LogP contribution is -2.11. The molecule has 2 aromatic rings. The smallest absolute Gasteiger partial charge is 0.119 e. The zero-order valence-electron chi connectivity index (χ0n) is 13.3. The van der Waals surface area contributed by atoms with Crippen LogP contribution in [0.5, 0.6) is 5.75 Å². The van der Waals surface area contributed by atoms with E-state index in [2.05, 4.69) is 43.4 Å². The molecule has 114 valence electrons. The van der Waals surface area contributed by atoms with Crippen LogP contribution in [-0.2, 0) is 12.0 Å². The van der Waals surface area contributed by atoms with Crippen molar-refractivity contribution in [2.75, 3.05) is 11.9 Å². The minimum atomic E-state index is 0.126. The summed E-state index contributed by atoms with van der Waals surface area (Å²) in [6.45, 7) is 10.2. The third-order valence-corrected chi connectivity index (χ3v) is 4.31. The van der Waals surface area contributed by atoms with Crippen LogP contribution in [0.4, 0.5) is 5.69 Å². The second-order valence-electron chi connectivity index (χ2n) is 6.12. The quantitative estimate of drug-likeness (QED) is 0.829. The van der Waals surface area contributed by atoms with Crippen molar-refractivity contribution in [3.63, 3.8) is 0 Å². The van der Waals surface area contributed by atoms with Gasteiger partial charge in [0, 0.05) is 16.5 Å². The molecule has 4 heteroatoms. The lowest BCUT2D eigenvalue weighted by atomic mass is 9.98. The fraction of sp³-hybridized carbons (Fsp3) is 0.471. The molecule has 0 atom stereocenters. The highest BCUT2D eigenvalue weighted by Gasteiger charge is 2.17. The fourth-order valence-corrected chi connectivity index (χ4v) is 2.72. The number of anilines is 1. The molecule has 0 unspecified atom stereocenters. The maximum atomic E-state index is 5.58. The number of benzene rings is 1. The molecule has 0 aliphatic heterocycles. The first kappa shape index (κ1) is 15.8. The maximum absolute atomic E-state index is 5.58. The number of rotatable bonds is 6. The highest BCUT2D eigenvalue weighted by molar-refractivity contribution is 7.09. The maximum Gasteiger partial charge on any atom is 0.119 e. The first-order chi connectivity index (χ1) is 9.99. The van der Waals surface area contributed by atoms with Crippen LogP contribution in [0.1, 0.15) is 44.8 Å². The van der Waals surface area contributed by atoms with Gasteiger partial charge in [0.1, 0.15) is 5.75 Å². The van der Waals surface area contributed by atoms with E-state index < -0.39 is 0 Å². The lowest BCUT2D eigenvalue weighted by Gasteiger charge is -2.13. The number of nitrogens with one attached hydrogen (secondary N) is 1. The molecule has 2 rings (SSSR count). The summed E-state index contributed by atoms with van der Waals surface area (Å²) in [4.78, 5) is 4.69. The summed E-state index contributed by atoms with van der Waals surface area (Å²) < 4.78 is 5.58. The predicted octanol–water partition coefficient (Wildman–Crippen LogP) is 4.84. The molecule has 0 fully saturated rings. The summed E-state index contributed by atoms with van der Waals surface area (Å²) in [7, 11) is 0. The van der Waals surface area contributed by atoms with E-state index in [0.29, 0.717) is 0 Å². The summed E-state index contributed by atoms with van der Waals surface area (Å²) in [5.74, 6) is 0.922. The number of aromatic nitrogens is 1. The largest absolute Gasteiger partial charge is 0.494 e. The second-order valence-corrected chi connectivity index (χ2v) is 6.98. The van der Waals surface area contributed by atoms with E-state index in [0.717, 1.165) is 36.7 Å². The third-order valence-electron chi connectivity index (χ3n) is 2.99. The zero-order valence-corrected chi connectivity index (χ0v) is 14.1. The van der Waals surface area contributed by atoms with Crippen molar-refractivity contribution in [2.45, 2.75) is 46.1 Å². The van der Waals surface area contributed by atoms with E-state index in [9.17, 15) is 0 Å². The van der Waals surface area contributed by atoms with Crippen LogP contribution in [0.2, 0.25) is 0 Å². The number of hydrogen-bond donors (Lipinski definition) is 1. The molecule has 1 heterocycles. The van der Waals surface area contributed by atoms with Crippen molar-refractivity contribution < 1.29 is 4.74 Å². The van der Waals surface area contributed by atoms with Gasteiger partial charge in [0.05, 0.1) is 23.9 Å². The Bertz CT molecular complexity index is 555. The van der Waals surface area contributed by atoms with Crippen LogP contribution in [0.15, 0.2) is 29.6 Å². The van der Waals surface area contributed by atoms with Crippen molar-refractivity contribution in [2.24, 2.45) is 0 Å². The molecule has 0 saturated heterocycles. The van der Waals surface area contributed by atoms with Crippen molar-refractivity contribution in [3.05, 3.63) is 40.3 Å². The normalized spacial score (nSPS) is 11.4. The van der Waals surface area contributed by atoms with Gasteiger partial charge in [-0.05, 0) is 30.7 Å². The van der Waals surface area contributed by atoms with Gasteiger partial charge < -0.3 is 10.1 Å². The van der Waals surface area contributed by atoms with Gasteiger partial charge >= 0.3 is 0 Å². The Kier molecular flexibility index (Phi) is 5.23. The molecule has 1 aromatic heterocycles. The fourth-order valence-electron chi connectivity index (χ4n) is 1.81. The molecular weight excluding hydrogens is 280 g/mol. The number of hydrogen-bond acceptors (Lipinski definition) is 4. The zero-order chi connectivity index (χ0) is 15.3. The molecule has 0 spiro atoms. The molecule has 0 bridgehead atoms. The standard InChI is InChI=1S/C17H24N2OS/c1-5-10-20-15-8-6-13(7-9-15)18-11-14-12-21-16(19-14)17(2,3)4/h6-9,12,18H,5,10-11H2,1-4H3. The Morgan fingerprint density at radius 3 is 2.48 bits per heavy atom. The Labute approximate surface area is 131 Å². The number of thiazole rings is 1. The summed E-state index contributed by atoms with van der Waals surface area (Å²) in [5.41, 5.74) is 2.31. The van der Waals surface area contributed by atoms with Gasteiger partial charge in [0.15, 0.2) is 0 Å². The summed E-state index contributed by atoms with van der Waals surface area (Å²) in [5, 5.41) is 6.71. The Morgan fingerprint density at radius 1 is 1.19 bits per heavy atom. The van der Waals surface area contributed by atoms with Crippen molar-refractivity contribution >= 4 is 17.0 Å². The predicted molar refractivity (Wildman–Crippen MR) is 90.4 cm³/mol. The van der Waals surface area contributed by atoms with Crippen LogP contribution >= 0.6 is 11.3 Å². The van der Waals surface area contributed by atoms with E-state index in [1.165, 1.54) is 5.01 Å². The first-order valence-electron chi connectivity index (χ1n) is 7.40. The van der Waals surface area contributed by atoms with Crippen LogP contribution in [0.25, 0.3) is 0 Å². The van der Waals surface area contributed by atoms with Gasteiger partial charge in [-0.15, -0.1) is 11.3 Å². The first-order valence-corrected chi connectivity index (χ1v) is 8.28. The van der Waals surface area contributed by atoms with Gasteiger partial charge in [-0.25, -0.2) is 4.98 Å². The van der Waals surface area contributed by atoms with Crippen molar-refractivity contribution in [1.29, 1.82) is 0 Å². The van der Waals surface area contributed by atoms with Crippen LogP contribution in [0, 0.1) is 0 Å². The highest BCUT2D eigenvalue weighted by atomic mass is 32.1. The molecule has 0 amide bonds. The molecular formula is C17H24N2OS. The molecule has 0 aliphatic rings. The van der Waals surface area contributed by atoms with Crippen molar-refractivity contribution in [1.82, 2.24) is 4.98 Å². The van der Waals surface area contributed by atoms with Crippen molar-refractivity contribution in [3.8, 4) is 5.75 Å². The molecule has 0 radical (unpaired) electrons.